The van der Waals surface area contributed by atoms with E-state index in [1.165, 1.54) is 12.1 Å². The quantitative estimate of drug-likeness (QED) is 0.844. The SMILES string of the molecule is Cc1cc(N2CCN(C(=O)c3ccc(C(F)(F)F)cc3)CC2)no1. The third-order valence-electron chi connectivity index (χ3n) is 3.97. The van der Waals surface area contributed by atoms with Crippen LogP contribution in [0.3, 0.4) is 0 Å². The molecular formula is C16H16F3N3O2. The Morgan fingerprint density at radius 3 is 2.25 bits per heavy atom. The van der Waals surface area contributed by atoms with Gasteiger partial charge in [0.1, 0.15) is 5.76 Å². The molecule has 0 aliphatic carbocycles. The molecule has 1 aliphatic heterocycles. The predicted octanol–water partition coefficient (Wildman–Crippen LogP) is 2.96. The molecule has 0 atom stereocenters. The number of alkyl halides is 3. The highest BCUT2D eigenvalue weighted by Gasteiger charge is 2.30. The highest BCUT2D eigenvalue weighted by atomic mass is 19.4. The van der Waals surface area contributed by atoms with Crippen LogP contribution >= 0.6 is 0 Å². The Kier molecular flexibility index (Phi) is 4.21. The van der Waals surface area contributed by atoms with Gasteiger partial charge in [0.25, 0.3) is 5.91 Å². The summed E-state index contributed by atoms with van der Waals surface area (Å²) in [6.07, 6.45) is -4.40. The summed E-state index contributed by atoms with van der Waals surface area (Å²) in [6, 6.07) is 6.13. The number of rotatable bonds is 2. The molecule has 8 heteroatoms. The first kappa shape index (κ1) is 16.4. The average Bonchev–Trinajstić information content (AvgIpc) is 3.00. The maximum absolute atomic E-state index is 12.6. The number of benzene rings is 1. The number of anilines is 1. The molecule has 0 radical (unpaired) electrons. The largest absolute Gasteiger partial charge is 0.416 e. The molecule has 1 aromatic heterocycles. The minimum absolute atomic E-state index is 0.258. The zero-order valence-corrected chi connectivity index (χ0v) is 13.0. The van der Waals surface area contributed by atoms with Crippen LogP contribution in [0.4, 0.5) is 19.0 Å². The molecule has 1 aliphatic rings. The van der Waals surface area contributed by atoms with Crippen molar-refractivity contribution in [3.63, 3.8) is 0 Å². The highest BCUT2D eigenvalue weighted by Crippen LogP contribution is 2.29. The van der Waals surface area contributed by atoms with Gasteiger partial charge in [-0.15, -0.1) is 0 Å². The van der Waals surface area contributed by atoms with Gasteiger partial charge in [0, 0.05) is 37.8 Å². The number of carbonyl (C=O) groups is 1. The van der Waals surface area contributed by atoms with E-state index >= 15 is 0 Å². The van der Waals surface area contributed by atoms with Gasteiger partial charge in [0.2, 0.25) is 0 Å². The van der Waals surface area contributed by atoms with Gasteiger partial charge in [0.05, 0.1) is 5.56 Å². The van der Waals surface area contributed by atoms with Gasteiger partial charge in [-0.25, -0.2) is 0 Å². The molecule has 1 amide bonds. The molecule has 0 unspecified atom stereocenters. The molecule has 0 saturated carbocycles. The van der Waals surface area contributed by atoms with E-state index in [4.69, 9.17) is 4.52 Å². The number of aryl methyl sites for hydroxylation is 1. The molecule has 1 aromatic carbocycles. The first-order valence-electron chi connectivity index (χ1n) is 7.49. The first-order chi connectivity index (χ1) is 11.3. The third-order valence-corrected chi connectivity index (χ3v) is 3.97. The molecule has 3 rings (SSSR count). The third kappa shape index (κ3) is 3.37. The van der Waals surface area contributed by atoms with Crippen LogP contribution in [0.25, 0.3) is 0 Å². The summed E-state index contributed by atoms with van der Waals surface area (Å²) in [5, 5.41) is 3.94. The molecule has 0 N–H and O–H groups in total. The van der Waals surface area contributed by atoms with Crippen molar-refractivity contribution in [1.82, 2.24) is 10.1 Å². The van der Waals surface area contributed by atoms with Crippen molar-refractivity contribution in [3.05, 3.63) is 47.2 Å². The highest BCUT2D eigenvalue weighted by molar-refractivity contribution is 5.94. The minimum Gasteiger partial charge on any atom is -0.360 e. The lowest BCUT2D eigenvalue weighted by Crippen LogP contribution is -2.48. The average molecular weight is 339 g/mol. The molecule has 0 bridgehead atoms. The molecule has 2 heterocycles. The lowest BCUT2D eigenvalue weighted by Gasteiger charge is -2.34. The Morgan fingerprint density at radius 1 is 1.12 bits per heavy atom. The summed E-state index contributed by atoms with van der Waals surface area (Å²) in [6.45, 7) is 3.95. The number of aromatic nitrogens is 1. The van der Waals surface area contributed by atoms with Crippen LogP contribution in [0.1, 0.15) is 21.7 Å². The van der Waals surface area contributed by atoms with Crippen molar-refractivity contribution in [3.8, 4) is 0 Å². The van der Waals surface area contributed by atoms with E-state index in [0.717, 1.165) is 18.0 Å². The molecule has 24 heavy (non-hydrogen) atoms. The summed E-state index contributed by atoms with van der Waals surface area (Å²) in [4.78, 5) is 16.0. The molecule has 128 valence electrons. The minimum atomic E-state index is -4.40. The van der Waals surface area contributed by atoms with E-state index in [2.05, 4.69) is 5.16 Å². The Bertz CT molecular complexity index is 717. The standard InChI is InChI=1S/C16H16F3N3O2/c1-11-10-14(20-24-11)21-6-8-22(9-7-21)15(23)12-2-4-13(5-3-12)16(17,18)19/h2-5,10H,6-9H2,1H3. The van der Waals surface area contributed by atoms with Crippen LogP contribution in [0.2, 0.25) is 0 Å². The lowest BCUT2D eigenvalue weighted by molar-refractivity contribution is -0.137. The van der Waals surface area contributed by atoms with Crippen LogP contribution in [-0.4, -0.2) is 42.1 Å². The van der Waals surface area contributed by atoms with Gasteiger partial charge in [-0.05, 0) is 31.2 Å². The molecule has 2 aromatic rings. The number of piperazine rings is 1. The zero-order valence-electron chi connectivity index (χ0n) is 13.0. The van der Waals surface area contributed by atoms with E-state index < -0.39 is 11.7 Å². The van der Waals surface area contributed by atoms with Crippen molar-refractivity contribution in [1.29, 1.82) is 0 Å². The van der Waals surface area contributed by atoms with Crippen LogP contribution in [0, 0.1) is 6.92 Å². The molecule has 1 fully saturated rings. The van der Waals surface area contributed by atoms with Gasteiger partial charge >= 0.3 is 6.18 Å². The Hall–Kier alpha value is -2.51. The van der Waals surface area contributed by atoms with Crippen molar-refractivity contribution in [2.45, 2.75) is 13.1 Å². The number of halogens is 3. The van der Waals surface area contributed by atoms with E-state index in [0.29, 0.717) is 31.9 Å². The van der Waals surface area contributed by atoms with E-state index in [-0.39, 0.29) is 11.5 Å². The smallest absolute Gasteiger partial charge is 0.360 e. The second kappa shape index (κ2) is 6.18. The zero-order chi connectivity index (χ0) is 17.3. The number of carbonyl (C=O) groups excluding carboxylic acids is 1. The van der Waals surface area contributed by atoms with Gasteiger partial charge in [-0.1, -0.05) is 5.16 Å². The maximum atomic E-state index is 12.6. The van der Waals surface area contributed by atoms with Crippen LogP contribution in [0.15, 0.2) is 34.9 Å². The van der Waals surface area contributed by atoms with Crippen LogP contribution < -0.4 is 4.90 Å². The fraction of sp³-hybridized carbons (Fsp3) is 0.375. The normalized spacial score (nSPS) is 15.7. The summed E-state index contributed by atoms with van der Waals surface area (Å²) in [5.74, 6) is 1.18. The molecule has 1 saturated heterocycles. The molecular weight excluding hydrogens is 323 g/mol. The monoisotopic (exact) mass is 339 g/mol. The van der Waals surface area contributed by atoms with Gasteiger partial charge < -0.3 is 14.3 Å². The topological polar surface area (TPSA) is 49.6 Å². The fourth-order valence-corrected chi connectivity index (χ4v) is 2.63. The Labute approximate surface area is 136 Å². The number of amides is 1. The van der Waals surface area contributed by atoms with Crippen molar-refractivity contribution in [2.75, 3.05) is 31.1 Å². The first-order valence-corrected chi connectivity index (χ1v) is 7.49. The number of hydrogen-bond donors (Lipinski definition) is 0. The number of nitrogens with zero attached hydrogens (tertiary/aromatic N) is 3. The van der Waals surface area contributed by atoms with Gasteiger partial charge in [-0.2, -0.15) is 13.2 Å². The van der Waals surface area contributed by atoms with E-state index in [1.54, 1.807) is 11.8 Å². The van der Waals surface area contributed by atoms with Crippen molar-refractivity contribution in [2.24, 2.45) is 0 Å². The van der Waals surface area contributed by atoms with Crippen LogP contribution in [-0.2, 0) is 6.18 Å². The second-order valence-electron chi connectivity index (χ2n) is 5.65. The summed E-state index contributed by atoms with van der Waals surface area (Å²) in [7, 11) is 0. The Balaban J connectivity index is 1.63. The fourth-order valence-electron chi connectivity index (χ4n) is 2.63. The Morgan fingerprint density at radius 2 is 1.75 bits per heavy atom. The van der Waals surface area contributed by atoms with Crippen molar-refractivity contribution < 1.29 is 22.5 Å². The predicted molar refractivity (Wildman–Crippen MR) is 80.8 cm³/mol. The molecule has 5 nitrogen and oxygen atoms in total. The molecule has 0 spiro atoms. The second-order valence-corrected chi connectivity index (χ2v) is 5.65. The van der Waals surface area contributed by atoms with Gasteiger partial charge in [-0.3, -0.25) is 4.79 Å². The lowest BCUT2D eigenvalue weighted by atomic mass is 10.1. The van der Waals surface area contributed by atoms with E-state index in [1.807, 2.05) is 11.0 Å². The number of hydrogen-bond acceptors (Lipinski definition) is 4. The summed E-state index contributed by atoms with van der Waals surface area (Å²) < 4.78 is 42.7. The van der Waals surface area contributed by atoms with Crippen molar-refractivity contribution >= 4 is 11.7 Å². The van der Waals surface area contributed by atoms with Crippen LogP contribution in [0.5, 0.6) is 0 Å². The summed E-state index contributed by atoms with van der Waals surface area (Å²) in [5.41, 5.74) is -0.501. The summed E-state index contributed by atoms with van der Waals surface area (Å²) >= 11 is 0. The van der Waals surface area contributed by atoms with Gasteiger partial charge in [0.15, 0.2) is 5.82 Å². The van der Waals surface area contributed by atoms with E-state index in [9.17, 15) is 18.0 Å². The maximum Gasteiger partial charge on any atom is 0.416 e.